The van der Waals surface area contributed by atoms with E-state index >= 15 is 0 Å². The molecule has 0 atom stereocenters. The Bertz CT molecular complexity index is 2280. The van der Waals surface area contributed by atoms with Crippen molar-refractivity contribution in [3.8, 4) is 0 Å². The summed E-state index contributed by atoms with van der Waals surface area (Å²) in [6.07, 6.45) is 5.89. The van der Waals surface area contributed by atoms with Gasteiger partial charge in [-0.15, -0.1) is 137 Å². The van der Waals surface area contributed by atoms with Crippen molar-refractivity contribution in [3.63, 3.8) is 0 Å². The maximum Gasteiger partial charge on any atom is 2.00 e. The van der Waals surface area contributed by atoms with Gasteiger partial charge >= 0.3 is 43.4 Å². The smallest absolute Gasteiger partial charge is 1.00 e. The van der Waals surface area contributed by atoms with E-state index in [4.69, 9.17) is 0 Å². The molecule has 12 rings (SSSR count). The second kappa shape index (κ2) is 23.0. The van der Waals surface area contributed by atoms with Crippen LogP contribution in [0.25, 0.3) is 43.1 Å². The van der Waals surface area contributed by atoms with Gasteiger partial charge in [-0.2, -0.15) is 48.5 Å². The fraction of sp³-hybridized carbons (Fsp3) is 0.357. The van der Waals surface area contributed by atoms with E-state index in [9.17, 15) is 0 Å². The van der Waals surface area contributed by atoms with Crippen molar-refractivity contribution in [1.29, 1.82) is 0 Å². The predicted octanol–water partition coefficient (Wildman–Crippen LogP) is 8.56. The van der Waals surface area contributed by atoms with Crippen molar-refractivity contribution >= 4 is 96.1 Å². The molecule has 0 saturated carbocycles. The van der Waals surface area contributed by atoms with Crippen LogP contribution in [-0.4, -0.2) is 32.3 Å². The van der Waals surface area contributed by atoms with Crippen LogP contribution in [0.3, 0.4) is 0 Å². The Morgan fingerprint density at radius 2 is 0.500 bits per heavy atom. The number of rotatable bonds is 8. The summed E-state index contributed by atoms with van der Waals surface area (Å²) >= 11 is 0. The summed E-state index contributed by atoms with van der Waals surface area (Å²) in [7, 11) is -4.02. The Hall–Kier alpha value is -1.80. The van der Waals surface area contributed by atoms with E-state index < -0.39 is 32.3 Å². The molecular formula is C56H68Cl2Si4Ti2-2. The Kier molecular flexibility index (Phi) is 19.1. The monoisotopic (exact) mass is 1020 g/mol. The van der Waals surface area contributed by atoms with Crippen molar-refractivity contribution in [2.75, 3.05) is 0 Å². The summed E-state index contributed by atoms with van der Waals surface area (Å²) in [5.41, 5.74) is 0. The zero-order valence-corrected chi connectivity index (χ0v) is 47.6. The second-order valence-electron chi connectivity index (χ2n) is 19.3. The maximum absolute atomic E-state index is 2.42. The number of hydrogen-bond acceptors (Lipinski definition) is 0. The molecule has 0 unspecified atom stereocenters. The van der Waals surface area contributed by atoms with Crippen molar-refractivity contribution in [1.82, 2.24) is 0 Å². The Morgan fingerprint density at radius 3 is 0.656 bits per heavy atom. The number of halogens is 2. The maximum atomic E-state index is 2.42. The zero-order chi connectivity index (χ0) is 41.2. The zero-order valence-electron chi connectivity index (χ0n) is 38.9. The van der Waals surface area contributed by atoms with Gasteiger partial charge in [-0.25, -0.2) is 0 Å². The van der Waals surface area contributed by atoms with Gasteiger partial charge in [0.2, 0.25) is 0 Å². The van der Waals surface area contributed by atoms with Crippen LogP contribution in [0.5, 0.6) is 0 Å². The van der Waals surface area contributed by atoms with E-state index in [2.05, 4.69) is 173 Å². The first-order chi connectivity index (χ1) is 29.4. The molecule has 4 aliphatic rings. The number of benzene rings is 4. The van der Waals surface area contributed by atoms with Crippen molar-refractivity contribution in [2.45, 2.75) is 126 Å². The van der Waals surface area contributed by atoms with Crippen LogP contribution in [0.15, 0.2) is 146 Å². The van der Waals surface area contributed by atoms with Gasteiger partial charge in [0, 0.05) is 32.3 Å². The van der Waals surface area contributed by atoms with Crippen LogP contribution in [-0.2, 0) is 43.4 Å². The van der Waals surface area contributed by atoms with Gasteiger partial charge < -0.3 is 24.8 Å². The molecule has 0 bridgehead atoms. The Morgan fingerprint density at radius 1 is 0.312 bits per heavy atom. The largest absolute Gasteiger partial charge is 2.00 e. The van der Waals surface area contributed by atoms with Gasteiger partial charge in [0.15, 0.2) is 0 Å². The third-order valence-electron chi connectivity index (χ3n) is 17.0. The molecule has 4 fully saturated rings. The van der Waals surface area contributed by atoms with Gasteiger partial charge in [-0.05, 0) is 0 Å². The molecule has 0 radical (unpaired) electrons. The first-order valence-electron chi connectivity index (χ1n) is 24.0. The van der Waals surface area contributed by atoms with Crippen LogP contribution in [0.4, 0.5) is 0 Å². The minimum atomic E-state index is -1.01. The Labute approximate surface area is 431 Å². The number of fused-ring (bicyclic) bond motifs is 4. The molecular weight excluding hydrogens is 952 g/mol. The fourth-order valence-electron chi connectivity index (χ4n) is 12.1. The average Bonchev–Trinajstić information content (AvgIpc) is 4.05. The SMILES string of the molecule is CC[Si]1([c-]2ccc3ccccc32)CCC1.CC[Si]1([c-]2ccc3ccccc32)CCC1.CC[Si]1([c-]2ccc3ccccc32)CCC1.CC[Si]1([c-]2ccc3ccccc32)CCC1.[Cl-].[Cl-].[Ti+2].[Ti+2]. The van der Waals surface area contributed by atoms with Crippen LogP contribution in [0.2, 0.25) is 72.5 Å². The summed E-state index contributed by atoms with van der Waals surface area (Å²) in [5, 5.41) is 18.9. The topological polar surface area (TPSA) is 0 Å². The van der Waals surface area contributed by atoms with Crippen molar-refractivity contribution < 1.29 is 68.2 Å². The molecule has 0 spiro atoms. The minimum Gasteiger partial charge on any atom is -1.00 e. The summed E-state index contributed by atoms with van der Waals surface area (Å²) in [5.74, 6) is 0. The molecule has 0 aromatic heterocycles. The summed E-state index contributed by atoms with van der Waals surface area (Å²) in [4.78, 5) is 0. The predicted molar refractivity (Wildman–Crippen MR) is 279 cm³/mol. The first kappa shape index (κ1) is 53.2. The van der Waals surface area contributed by atoms with E-state index in [1.54, 1.807) is 42.3 Å². The van der Waals surface area contributed by atoms with Crippen LogP contribution in [0.1, 0.15) is 53.4 Å². The first-order valence-corrected chi connectivity index (χ1v) is 34.5. The van der Waals surface area contributed by atoms with E-state index in [0.29, 0.717) is 0 Å². The molecule has 8 aromatic rings. The minimum absolute atomic E-state index is 0. The third-order valence-corrected chi connectivity index (χ3v) is 39.2. The molecule has 8 heteroatoms. The normalized spacial score (nSPS) is 17.8. The number of hydrogen-bond donors (Lipinski definition) is 0. The summed E-state index contributed by atoms with van der Waals surface area (Å²) in [6.45, 7) is 9.58. The summed E-state index contributed by atoms with van der Waals surface area (Å²) < 4.78 is 0. The van der Waals surface area contributed by atoms with E-state index in [1.807, 2.05) is 0 Å². The molecule has 4 aliphatic heterocycles. The van der Waals surface area contributed by atoms with Crippen LogP contribution in [0, 0.1) is 0 Å². The fourth-order valence-corrected chi connectivity index (χ4v) is 28.4. The standard InChI is InChI=1S/4C14H17Si.2ClH.2Ti/c4*1-2-15(10-5-11-15)14-9-8-12-6-3-4-7-13(12)14;;;;/h4*3-4,6-9H,2,5,10-11H2,1H3;2*1H;;/q4*-1;;;2*+2/p-2. The third kappa shape index (κ3) is 9.87. The quantitative estimate of drug-likeness (QED) is 0.106. The van der Waals surface area contributed by atoms with Gasteiger partial charge in [0.1, 0.15) is 0 Å². The van der Waals surface area contributed by atoms with Gasteiger partial charge in [-0.3, -0.25) is 0 Å². The molecule has 0 aliphatic carbocycles. The molecule has 8 aromatic carbocycles. The van der Waals surface area contributed by atoms with Crippen LogP contribution >= 0.6 is 0 Å². The molecule has 0 nitrogen and oxygen atoms in total. The molecule has 4 heterocycles. The average molecular weight is 1020 g/mol. The van der Waals surface area contributed by atoms with E-state index in [1.165, 1.54) is 120 Å². The second-order valence-corrected chi connectivity index (χ2v) is 38.5. The summed E-state index contributed by atoms with van der Waals surface area (Å²) in [6, 6.07) is 72.4. The van der Waals surface area contributed by atoms with Gasteiger partial charge in [0.05, 0.1) is 0 Å². The van der Waals surface area contributed by atoms with E-state index in [0.717, 1.165) is 0 Å². The van der Waals surface area contributed by atoms with E-state index in [-0.39, 0.29) is 68.2 Å². The van der Waals surface area contributed by atoms with Crippen molar-refractivity contribution in [2.24, 2.45) is 0 Å². The van der Waals surface area contributed by atoms with Gasteiger partial charge in [-0.1, -0.05) is 150 Å². The molecule has 4 saturated heterocycles. The van der Waals surface area contributed by atoms with Crippen LogP contribution < -0.4 is 45.6 Å². The molecule has 0 N–H and O–H groups in total. The van der Waals surface area contributed by atoms with Gasteiger partial charge in [0.25, 0.3) is 0 Å². The Balaban J connectivity index is 0.000000157. The molecule has 332 valence electrons. The molecule has 64 heavy (non-hydrogen) atoms. The van der Waals surface area contributed by atoms with Crippen molar-refractivity contribution in [3.05, 3.63) is 146 Å². The molecule has 0 amide bonds.